The summed E-state index contributed by atoms with van der Waals surface area (Å²) in [5, 5.41) is 0.593. The van der Waals surface area contributed by atoms with Crippen LogP contribution >= 0.6 is 0 Å². The molecule has 0 saturated carbocycles. The topological polar surface area (TPSA) is 46.6 Å². The Kier molecular flexibility index (Phi) is 5.06. The molecule has 0 bridgehead atoms. The second-order valence-corrected chi connectivity index (χ2v) is 4.36. The third-order valence-corrected chi connectivity index (χ3v) is 2.70. The second-order valence-electron chi connectivity index (χ2n) is 4.36. The predicted molar refractivity (Wildman–Crippen MR) is 64.9 cm³/mol. The van der Waals surface area contributed by atoms with Crippen molar-refractivity contribution in [2.24, 2.45) is 0 Å². The summed E-state index contributed by atoms with van der Waals surface area (Å²) in [4.78, 5) is 27.4. The molecule has 0 radical (unpaired) electrons. The Hall–Kier alpha value is -1.96. The molecule has 4 nitrogen and oxygen atoms in total. The van der Waals surface area contributed by atoms with Gasteiger partial charge < -0.3 is 0 Å². The van der Waals surface area contributed by atoms with E-state index in [1.807, 2.05) is 0 Å². The summed E-state index contributed by atoms with van der Waals surface area (Å²) in [7, 11) is 2.24. The molecule has 1 aromatic rings. The van der Waals surface area contributed by atoms with Crippen molar-refractivity contribution in [1.29, 1.82) is 0 Å². The lowest BCUT2D eigenvalue weighted by atomic mass is 10.00. The minimum atomic E-state index is -4.76. The lowest BCUT2D eigenvalue weighted by Crippen LogP contribution is -2.27. The van der Waals surface area contributed by atoms with Crippen LogP contribution < -0.4 is 0 Å². The van der Waals surface area contributed by atoms with Gasteiger partial charge in [0.05, 0.1) is 18.2 Å². The summed E-state index contributed by atoms with van der Waals surface area (Å²) in [6.45, 7) is 1.11. The predicted octanol–water partition coefficient (Wildman–Crippen LogP) is 2.61. The van der Waals surface area contributed by atoms with E-state index in [1.165, 1.54) is 0 Å². The molecule has 0 atom stereocenters. The van der Waals surface area contributed by atoms with E-state index in [0.717, 1.165) is 21.1 Å². The van der Waals surface area contributed by atoms with Crippen LogP contribution in [0.1, 0.15) is 28.4 Å². The Balaban J connectivity index is 3.48. The third kappa shape index (κ3) is 4.01. The van der Waals surface area contributed by atoms with Crippen molar-refractivity contribution >= 4 is 11.7 Å². The molecule has 0 aliphatic rings. The van der Waals surface area contributed by atoms with Gasteiger partial charge in [0, 0.05) is 13.5 Å². The average Bonchev–Trinajstić information content (AvgIpc) is 2.37. The summed E-state index contributed by atoms with van der Waals surface area (Å²) in [5.74, 6) is -2.76. The first-order valence-electron chi connectivity index (χ1n) is 5.79. The van der Waals surface area contributed by atoms with Crippen LogP contribution in [0.25, 0.3) is 0 Å². The molecule has 0 fully saturated rings. The van der Waals surface area contributed by atoms with Gasteiger partial charge >= 0.3 is 6.18 Å². The van der Waals surface area contributed by atoms with Crippen LogP contribution in [0.3, 0.4) is 0 Å². The summed E-state index contributed by atoms with van der Waals surface area (Å²) < 4.78 is 52.5. The molecule has 0 spiro atoms. The molecule has 0 aliphatic carbocycles. The van der Waals surface area contributed by atoms with Crippen LogP contribution in [0.5, 0.6) is 0 Å². The van der Waals surface area contributed by atoms with Gasteiger partial charge in [-0.05, 0) is 24.6 Å². The van der Waals surface area contributed by atoms with Crippen molar-refractivity contribution in [2.45, 2.75) is 19.5 Å². The van der Waals surface area contributed by atoms with Crippen molar-refractivity contribution in [2.75, 3.05) is 14.2 Å². The first-order valence-corrected chi connectivity index (χ1v) is 5.79. The fourth-order valence-corrected chi connectivity index (χ4v) is 1.65. The molecule has 1 rings (SSSR count). The van der Waals surface area contributed by atoms with Crippen molar-refractivity contribution < 1.29 is 32.0 Å². The monoisotopic (exact) mass is 307 g/mol. The number of hydrogen-bond donors (Lipinski definition) is 0. The Morgan fingerprint density at radius 3 is 2.29 bits per heavy atom. The van der Waals surface area contributed by atoms with Crippen LogP contribution in [-0.4, -0.2) is 30.9 Å². The van der Waals surface area contributed by atoms with E-state index in [9.17, 15) is 27.2 Å². The Morgan fingerprint density at radius 1 is 1.29 bits per heavy atom. The van der Waals surface area contributed by atoms with E-state index < -0.39 is 46.8 Å². The molecule has 0 aliphatic heterocycles. The number of hydrogen-bond acceptors (Lipinski definition) is 3. The quantitative estimate of drug-likeness (QED) is 0.634. The molecule has 8 heteroatoms. The number of rotatable bonds is 4. The van der Waals surface area contributed by atoms with Gasteiger partial charge in [0.25, 0.3) is 5.91 Å². The molecular formula is C13H13F4NO3. The zero-order valence-corrected chi connectivity index (χ0v) is 11.5. The summed E-state index contributed by atoms with van der Waals surface area (Å²) in [6, 6.07) is 0.928. The fourth-order valence-electron chi connectivity index (χ4n) is 1.65. The maximum absolute atomic E-state index is 14.1. The largest absolute Gasteiger partial charge is 0.416 e. The van der Waals surface area contributed by atoms with Gasteiger partial charge in [-0.15, -0.1) is 0 Å². The van der Waals surface area contributed by atoms with E-state index in [0.29, 0.717) is 17.2 Å². The van der Waals surface area contributed by atoms with Crippen molar-refractivity contribution in [3.8, 4) is 0 Å². The molecule has 116 valence electrons. The van der Waals surface area contributed by atoms with Gasteiger partial charge in [0.2, 0.25) is 0 Å². The van der Waals surface area contributed by atoms with Crippen molar-refractivity contribution in [1.82, 2.24) is 5.06 Å². The number of amides is 1. The van der Waals surface area contributed by atoms with Crippen molar-refractivity contribution in [3.05, 3.63) is 34.6 Å². The van der Waals surface area contributed by atoms with E-state index in [-0.39, 0.29) is 0 Å². The van der Waals surface area contributed by atoms with Gasteiger partial charge in [-0.25, -0.2) is 9.45 Å². The molecule has 0 aromatic heterocycles. The molecule has 1 aromatic carbocycles. The van der Waals surface area contributed by atoms with E-state index in [2.05, 4.69) is 4.84 Å². The zero-order chi connectivity index (χ0) is 16.4. The minimum Gasteiger partial charge on any atom is -0.300 e. The molecule has 0 N–H and O–H groups in total. The highest BCUT2D eigenvalue weighted by atomic mass is 19.4. The maximum atomic E-state index is 14.1. The Bertz CT molecular complexity index is 569. The number of benzene rings is 1. The summed E-state index contributed by atoms with van der Waals surface area (Å²) in [6.07, 6.45) is -5.30. The lowest BCUT2D eigenvalue weighted by Gasteiger charge is -2.17. The van der Waals surface area contributed by atoms with Gasteiger partial charge in [0.15, 0.2) is 0 Å². The van der Waals surface area contributed by atoms with Gasteiger partial charge in [-0.2, -0.15) is 13.2 Å². The highest BCUT2D eigenvalue weighted by molar-refractivity contribution is 5.94. The molecule has 1 amide bonds. The second kappa shape index (κ2) is 6.21. The molecule has 0 unspecified atom stereocenters. The number of halogens is 4. The fraction of sp³-hybridized carbons (Fsp3) is 0.385. The Morgan fingerprint density at radius 2 is 1.86 bits per heavy atom. The first kappa shape index (κ1) is 17.1. The average molecular weight is 307 g/mol. The standard InChI is InChI=1S/C13H13F4NO3/c1-7(19)4-8-5-9(13(15,16)17)6-10(11(8)14)12(20)18(2)21-3/h5-6H,4H2,1-3H3. The summed E-state index contributed by atoms with van der Waals surface area (Å²) >= 11 is 0. The first-order chi connectivity index (χ1) is 9.57. The van der Waals surface area contributed by atoms with Crippen molar-refractivity contribution in [3.63, 3.8) is 0 Å². The van der Waals surface area contributed by atoms with Crippen LogP contribution in [-0.2, 0) is 22.2 Å². The van der Waals surface area contributed by atoms with E-state index in [1.54, 1.807) is 0 Å². The normalized spacial score (nSPS) is 11.4. The van der Waals surface area contributed by atoms with Crippen LogP contribution in [0.4, 0.5) is 17.6 Å². The van der Waals surface area contributed by atoms with Crippen LogP contribution in [0.15, 0.2) is 12.1 Å². The van der Waals surface area contributed by atoms with Crippen LogP contribution in [0.2, 0.25) is 0 Å². The number of ketones is 1. The highest BCUT2D eigenvalue weighted by Crippen LogP contribution is 2.32. The number of nitrogens with zero attached hydrogens (tertiary/aromatic N) is 1. The number of alkyl halides is 3. The third-order valence-electron chi connectivity index (χ3n) is 2.70. The summed E-state index contributed by atoms with van der Waals surface area (Å²) in [5.41, 5.74) is -2.48. The number of Topliss-reactive ketones (excluding diaryl/α,β-unsaturated/α-hetero) is 1. The lowest BCUT2D eigenvalue weighted by molar-refractivity contribution is -0.137. The molecule has 0 saturated heterocycles. The maximum Gasteiger partial charge on any atom is 0.416 e. The van der Waals surface area contributed by atoms with Crippen LogP contribution in [0, 0.1) is 5.82 Å². The van der Waals surface area contributed by atoms with Gasteiger partial charge in [-0.3, -0.25) is 14.4 Å². The number of carbonyl (C=O) groups excluding carboxylic acids is 2. The molecular weight excluding hydrogens is 294 g/mol. The molecule has 0 heterocycles. The van der Waals surface area contributed by atoms with E-state index in [4.69, 9.17) is 0 Å². The SMILES string of the molecule is CON(C)C(=O)c1cc(C(F)(F)F)cc(CC(C)=O)c1F. The zero-order valence-electron chi connectivity index (χ0n) is 11.5. The molecule has 21 heavy (non-hydrogen) atoms. The van der Waals surface area contributed by atoms with E-state index >= 15 is 0 Å². The van der Waals surface area contributed by atoms with Gasteiger partial charge in [0.1, 0.15) is 11.6 Å². The Labute approximate surface area is 118 Å². The van der Waals surface area contributed by atoms with Gasteiger partial charge in [-0.1, -0.05) is 0 Å². The smallest absolute Gasteiger partial charge is 0.300 e. The highest BCUT2D eigenvalue weighted by Gasteiger charge is 2.34. The number of hydroxylamine groups is 2. The minimum absolute atomic E-state index is 0.400. The number of carbonyl (C=O) groups is 2.